The maximum atomic E-state index is 2.65. The van der Waals surface area contributed by atoms with E-state index in [9.17, 15) is 0 Å². The number of piperidine rings is 2. The van der Waals surface area contributed by atoms with Crippen molar-refractivity contribution in [2.75, 3.05) is 11.4 Å². The quantitative estimate of drug-likeness (QED) is 0.688. The maximum absolute atomic E-state index is 2.65. The fraction of sp³-hybridized carbons (Fsp3) is 0.600. The molecule has 0 aromatic heterocycles. The van der Waals surface area contributed by atoms with E-state index in [1.54, 1.807) is 0 Å². The second kappa shape index (κ2) is 3.26. The zero-order valence-corrected chi connectivity index (χ0v) is 10.4. The lowest BCUT2D eigenvalue weighted by Crippen LogP contribution is -2.60. The minimum atomic E-state index is 0.416. The summed E-state index contributed by atoms with van der Waals surface area (Å²) >= 11 is 0. The SMILES string of the molecule is CC12CCC(C)(CC1)N(c1ccccc1)C2. The fourth-order valence-electron chi connectivity index (χ4n) is 3.40. The molecule has 0 unspecified atom stereocenters. The van der Waals surface area contributed by atoms with Gasteiger partial charge in [0, 0.05) is 17.8 Å². The minimum Gasteiger partial charge on any atom is -0.366 e. The number of anilines is 1. The third kappa shape index (κ3) is 1.45. The van der Waals surface area contributed by atoms with E-state index in [0.717, 1.165) is 0 Å². The van der Waals surface area contributed by atoms with Gasteiger partial charge < -0.3 is 4.90 Å². The van der Waals surface area contributed by atoms with Gasteiger partial charge in [0.15, 0.2) is 0 Å². The normalized spacial score (nSPS) is 37.8. The van der Waals surface area contributed by atoms with Gasteiger partial charge in [-0.25, -0.2) is 0 Å². The molecule has 16 heavy (non-hydrogen) atoms. The molecule has 2 saturated heterocycles. The lowest BCUT2D eigenvalue weighted by molar-refractivity contribution is 0.0929. The Kier molecular flexibility index (Phi) is 2.07. The highest BCUT2D eigenvalue weighted by molar-refractivity contribution is 5.50. The van der Waals surface area contributed by atoms with Crippen molar-refractivity contribution in [2.24, 2.45) is 5.41 Å². The molecule has 0 radical (unpaired) electrons. The van der Waals surface area contributed by atoms with Crippen molar-refractivity contribution < 1.29 is 0 Å². The molecule has 1 saturated carbocycles. The van der Waals surface area contributed by atoms with Crippen molar-refractivity contribution in [3.8, 4) is 0 Å². The molecule has 0 spiro atoms. The molecule has 0 atom stereocenters. The summed E-state index contributed by atoms with van der Waals surface area (Å²) in [6.45, 7) is 6.15. The summed E-state index contributed by atoms with van der Waals surface area (Å²) in [6.07, 6.45) is 5.54. The number of para-hydroxylation sites is 1. The van der Waals surface area contributed by atoms with Crippen LogP contribution in [0.5, 0.6) is 0 Å². The van der Waals surface area contributed by atoms with E-state index in [0.29, 0.717) is 11.0 Å². The first-order valence-corrected chi connectivity index (χ1v) is 6.44. The lowest BCUT2D eigenvalue weighted by Gasteiger charge is -2.58. The summed E-state index contributed by atoms with van der Waals surface area (Å²) in [5, 5.41) is 0. The van der Waals surface area contributed by atoms with Crippen molar-refractivity contribution in [3.63, 3.8) is 0 Å². The van der Waals surface area contributed by atoms with E-state index in [-0.39, 0.29) is 0 Å². The number of hydrogen-bond acceptors (Lipinski definition) is 1. The van der Waals surface area contributed by atoms with Crippen LogP contribution in [0.4, 0.5) is 5.69 Å². The molecule has 0 amide bonds. The van der Waals surface area contributed by atoms with Crippen LogP contribution in [0.1, 0.15) is 39.5 Å². The van der Waals surface area contributed by atoms with Gasteiger partial charge in [0.1, 0.15) is 0 Å². The van der Waals surface area contributed by atoms with Crippen LogP contribution in [-0.4, -0.2) is 12.1 Å². The Bertz CT molecular complexity index is 374. The van der Waals surface area contributed by atoms with Gasteiger partial charge in [-0.2, -0.15) is 0 Å². The molecule has 1 aromatic carbocycles. The monoisotopic (exact) mass is 215 g/mol. The Balaban J connectivity index is 1.96. The highest BCUT2D eigenvalue weighted by atomic mass is 15.2. The molecule has 86 valence electrons. The van der Waals surface area contributed by atoms with Crippen molar-refractivity contribution >= 4 is 5.69 Å². The first kappa shape index (κ1) is 10.2. The predicted molar refractivity (Wildman–Crippen MR) is 68.8 cm³/mol. The molecule has 1 heteroatoms. The van der Waals surface area contributed by atoms with Gasteiger partial charge in [0.05, 0.1) is 0 Å². The molecule has 1 aliphatic carbocycles. The second-order valence-corrected chi connectivity index (χ2v) is 6.23. The summed E-state index contributed by atoms with van der Waals surface area (Å²) in [4.78, 5) is 2.65. The Hall–Kier alpha value is -0.980. The molecule has 4 rings (SSSR count). The Morgan fingerprint density at radius 3 is 2.19 bits per heavy atom. The largest absolute Gasteiger partial charge is 0.366 e. The smallest absolute Gasteiger partial charge is 0.0374 e. The number of benzene rings is 1. The summed E-state index contributed by atoms with van der Waals surface area (Å²) in [7, 11) is 0. The molecule has 3 fully saturated rings. The standard InChI is InChI=1S/C15H21N/c1-14-8-10-15(2,11-9-14)16(12-14)13-6-4-3-5-7-13/h3-7H,8-12H2,1-2H3. The van der Waals surface area contributed by atoms with Crippen LogP contribution in [0.3, 0.4) is 0 Å². The van der Waals surface area contributed by atoms with Gasteiger partial charge in [-0.05, 0) is 50.2 Å². The van der Waals surface area contributed by atoms with Gasteiger partial charge in [0.2, 0.25) is 0 Å². The molecule has 1 aromatic rings. The second-order valence-electron chi connectivity index (χ2n) is 6.23. The number of nitrogens with zero attached hydrogens (tertiary/aromatic N) is 1. The highest BCUT2D eigenvalue weighted by Gasteiger charge is 2.48. The third-order valence-corrected chi connectivity index (χ3v) is 4.79. The van der Waals surface area contributed by atoms with Gasteiger partial charge in [-0.15, -0.1) is 0 Å². The third-order valence-electron chi connectivity index (χ3n) is 4.79. The molecule has 2 aliphatic heterocycles. The molecular formula is C15H21N. The molecular weight excluding hydrogens is 194 g/mol. The average molecular weight is 215 g/mol. The molecule has 0 N–H and O–H groups in total. The molecule has 1 nitrogen and oxygen atoms in total. The zero-order chi connectivity index (χ0) is 11.2. The van der Waals surface area contributed by atoms with E-state index >= 15 is 0 Å². The summed E-state index contributed by atoms with van der Waals surface area (Å²) in [5.74, 6) is 0. The van der Waals surface area contributed by atoms with Crippen LogP contribution in [0, 0.1) is 5.41 Å². The average Bonchev–Trinajstić information content (AvgIpc) is 2.32. The van der Waals surface area contributed by atoms with Crippen LogP contribution in [0.25, 0.3) is 0 Å². The topological polar surface area (TPSA) is 3.24 Å². The van der Waals surface area contributed by atoms with Crippen molar-refractivity contribution in [3.05, 3.63) is 30.3 Å². The number of hydrogen-bond donors (Lipinski definition) is 0. The van der Waals surface area contributed by atoms with Gasteiger partial charge >= 0.3 is 0 Å². The van der Waals surface area contributed by atoms with E-state index in [1.807, 2.05) is 0 Å². The Labute approximate surface area is 98.5 Å². The number of rotatable bonds is 1. The van der Waals surface area contributed by atoms with Crippen molar-refractivity contribution in [2.45, 2.75) is 45.1 Å². The first-order chi connectivity index (χ1) is 7.61. The van der Waals surface area contributed by atoms with Gasteiger partial charge in [-0.3, -0.25) is 0 Å². The van der Waals surface area contributed by atoms with Crippen LogP contribution in [0.15, 0.2) is 30.3 Å². The Morgan fingerprint density at radius 1 is 0.938 bits per heavy atom. The summed E-state index contributed by atoms with van der Waals surface area (Å²) in [6, 6.07) is 10.9. The Morgan fingerprint density at radius 2 is 1.56 bits per heavy atom. The van der Waals surface area contributed by atoms with Crippen LogP contribution in [-0.2, 0) is 0 Å². The molecule has 3 aliphatic rings. The van der Waals surface area contributed by atoms with E-state index in [2.05, 4.69) is 49.1 Å². The van der Waals surface area contributed by atoms with E-state index in [1.165, 1.54) is 37.9 Å². The van der Waals surface area contributed by atoms with Gasteiger partial charge in [0.25, 0.3) is 0 Å². The summed E-state index contributed by atoms with van der Waals surface area (Å²) in [5.41, 5.74) is 2.39. The van der Waals surface area contributed by atoms with E-state index < -0.39 is 0 Å². The van der Waals surface area contributed by atoms with Crippen LogP contribution >= 0.6 is 0 Å². The van der Waals surface area contributed by atoms with Crippen LogP contribution < -0.4 is 4.90 Å². The van der Waals surface area contributed by atoms with Gasteiger partial charge in [-0.1, -0.05) is 25.1 Å². The fourth-order valence-corrected chi connectivity index (χ4v) is 3.40. The number of fused-ring (bicyclic) bond motifs is 3. The van der Waals surface area contributed by atoms with E-state index in [4.69, 9.17) is 0 Å². The lowest BCUT2D eigenvalue weighted by atomic mass is 9.63. The van der Waals surface area contributed by atoms with Crippen molar-refractivity contribution in [1.29, 1.82) is 0 Å². The zero-order valence-electron chi connectivity index (χ0n) is 10.4. The molecule has 2 heterocycles. The van der Waals surface area contributed by atoms with Crippen LogP contribution in [0.2, 0.25) is 0 Å². The minimum absolute atomic E-state index is 0.416. The molecule has 2 bridgehead atoms. The first-order valence-electron chi connectivity index (χ1n) is 6.44. The summed E-state index contributed by atoms with van der Waals surface area (Å²) < 4.78 is 0. The van der Waals surface area contributed by atoms with Crippen molar-refractivity contribution in [1.82, 2.24) is 0 Å². The highest BCUT2D eigenvalue weighted by Crippen LogP contribution is 2.51. The maximum Gasteiger partial charge on any atom is 0.0374 e. The predicted octanol–water partition coefficient (Wildman–Crippen LogP) is 3.85.